The fourth-order valence-corrected chi connectivity index (χ4v) is 24.8. The summed E-state index contributed by atoms with van der Waals surface area (Å²) < 4.78 is 6.17. The molecule has 282 valence electrons. The molecule has 0 bridgehead atoms. The number of benzene rings is 2. The molecule has 0 saturated heterocycles. The van der Waals surface area contributed by atoms with E-state index in [0.717, 1.165) is 34.6 Å². The Kier molecular flexibility index (Phi) is 17.3. The van der Waals surface area contributed by atoms with Crippen LogP contribution < -0.4 is 4.74 Å². The molecule has 3 fully saturated rings. The molecule has 5 rings (SSSR count). The second-order valence-corrected chi connectivity index (χ2v) is 39.0. The van der Waals surface area contributed by atoms with Crippen molar-refractivity contribution in [3.05, 3.63) is 79.6 Å². The molecule has 0 amide bonds. The van der Waals surface area contributed by atoms with Gasteiger partial charge in [0.15, 0.2) is 0 Å². The summed E-state index contributed by atoms with van der Waals surface area (Å²) in [6.45, 7) is 28.2. The van der Waals surface area contributed by atoms with Crippen LogP contribution in [0.1, 0.15) is 140 Å². The second kappa shape index (κ2) is 18.6. The first-order chi connectivity index (χ1) is 22.4. The van der Waals surface area contributed by atoms with Crippen molar-refractivity contribution in [3.8, 4) is 5.75 Å². The fraction of sp³-hybridized carbons (Fsp3) is 0.682. The van der Waals surface area contributed by atoms with E-state index < -0.39 is 36.0 Å². The van der Waals surface area contributed by atoms with Gasteiger partial charge in [-0.2, -0.15) is 0 Å². The Morgan fingerprint density at radius 2 is 1.34 bits per heavy atom. The van der Waals surface area contributed by atoms with Crippen LogP contribution in [0, 0.1) is 32.6 Å². The Labute approximate surface area is 331 Å². The van der Waals surface area contributed by atoms with Gasteiger partial charge in [-0.15, -0.1) is 0 Å². The van der Waals surface area contributed by atoms with E-state index in [1.807, 2.05) is 7.11 Å². The van der Waals surface area contributed by atoms with E-state index in [0.29, 0.717) is 11.8 Å². The predicted molar refractivity (Wildman–Crippen MR) is 227 cm³/mol. The molecule has 2 aromatic carbocycles. The first-order valence-corrected chi connectivity index (χ1v) is 32.6. The van der Waals surface area contributed by atoms with E-state index in [9.17, 15) is 0 Å². The SMILES string of the molecule is COc1c(C(C)(C)C)cc(C2CCCC3C2CCC3[Si](C)(C)[Si](C)(C)C2CCC(CC(C)c3ccccc3)C2)cc1C(C)(C)C.[CH3-].[CH3-].[Cl][Zr+2][Cl]. The van der Waals surface area contributed by atoms with Crippen LogP contribution >= 0.6 is 17.0 Å². The Morgan fingerprint density at radius 1 is 0.780 bits per heavy atom. The molecular weight excluding hydrogens is 763 g/mol. The Hall–Kier alpha value is 0.137. The first-order valence-electron chi connectivity index (χ1n) is 19.1. The number of rotatable bonds is 8. The van der Waals surface area contributed by atoms with Gasteiger partial charge in [0.1, 0.15) is 5.75 Å². The summed E-state index contributed by atoms with van der Waals surface area (Å²) in [5.41, 5.74) is 8.18. The molecule has 0 aliphatic heterocycles. The van der Waals surface area contributed by atoms with Crippen LogP contribution in [0.3, 0.4) is 0 Å². The standard InChI is InChI=1S/C42H68OSi2.2CH3.2ClH.Zr/c1-29(31-17-14-13-15-18-31)25-30-21-22-33(26-30)44(9,10)45(11,12)39-24-23-35-34(19-16-20-36(35)39)32-27-37(41(2,3)4)40(43-8)38(28-32)42(5,6)7;;;;;/h13-15,17-18,27-30,33-36,39H,16,19-26H2,1-12H3;2*1H3;2*1H;/q;2*-1;;;+4/p-2. The third-order valence-corrected chi connectivity index (χ3v) is 34.8. The molecule has 6 heteroatoms. The van der Waals surface area contributed by atoms with Crippen molar-refractivity contribution in [2.75, 3.05) is 7.11 Å². The average molecular weight is 837 g/mol. The molecule has 7 atom stereocenters. The zero-order valence-corrected chi connectivity index (χ0v) is 40.6. The first kappa shape index (κ1) is 46.3. The van der Waals surface area contributed by atoms with Crippen LogP contribution in [0.15, 0.2) is 42.5 Å². The minimum absolute atomic E-state index is 0. The van der Waals surface area contributed by atoms with Gasteiger partial charge in [-0.05, 0) is 81.9 Å². The van der Waals surface area contributed by atoms with E-state index in [1.54, 1.807) is 5.56 Å². The average Bonchev–Trinajstić information content (AvgIpc) is 3.68. The molecule has 1 nitrogen and oxygen atoms in total. The number of hydrogen-bond donors (Lipinski definition) is 0. The van der Waals surface area contributed by atoms with E-state index in [1.165, 1.54) is 74.5 Å². The van der Waals surface area contributed by atoms with Gasteiger partial charge in [0, 0.05) is 26.3 Å². The zero-order chi connectivity index (χ0) is 35.7. The monoisotopic (exact) mass is 834 g/mol. The fourth-order valence-electron chi connectivity index (χ4n) is 10.7. The molecule has 0 radical (unpaired) electrons. The van der Waals surface area contributed by atoms with Gasteiger partial charge >= 0.3 is 37.9 Å². The van der Waals surface area contributed by atoms with Crippen LogP contribution in [-0.4, -0.2) is 22.3 Å². The van der Waals surface area contributed by atoms with Crippen molar-refractivity contribution >= 4 is 32.2 Å². The summed E-state index contributed by atoms with van der Waals surface area (Å²) in [5, 5.41) is 0. The van der Waals surface area contributed by atoms with Crippen molar-refractivity contribution in [1.82, 2.24) is 0 Å². The maximum absolute atomic E-state index is 6.17. The number of methoxy groups -OCH3 is 1. The third-order valence-electron chi connectivity index (χ3n) is 14.0. The zero-order valence-electron chi connectivity index (χ0n) is 34.6. The van der Waals surface area contributed by atoms with Gasteiger partial charge in [-0.1, -0.05) is 156 Å². The molecule has 0 aromatic heterocycles. The molecule has 3 aliphatic rings. The van der Waals surface area contributed by atoms with E-state index in [4.69, 9.17) is 21.8 Å². The molecule has 3 saturated carbocycles. The molecule has 0 spiro atoms. The number of halogens is 2. The molecule has 0 N–H and O–H groups in total. The van der Waals surface area contributed by atoms with E-state index >= 15 is 0 Å². The minimum atomic E-state index is -1.41. The molecule has 3 aliphatic carbocycles. The van der Waals surface area contributed by atoms with Gasteiger partial charge in [0.25, 0.3) is 0 Å². The second-order valence-electron chi connectivity index (χ2n) is 19.1. The molecule has 50 heavy (non-hydrogen) atoms. The topological polar surface area (TPSA) is 9.23 Å². The van der Waals surface area contributed by atoms with Gasteiger partial charge in [0.05, 0.1) is 7.11 Å². The van der Waals surface area contributed by atoms with Crippen molar-refractivity contribution in [3.63, 3.8) is 0 Å². The number of fused-ring (bicyclic) bond motifs is 1. The Morgan fingerprint density at radius 3 is 1.86 bits per heavy atom. The quantitative estimate of drug-likeness (QED) is 0.190. The number of ether oxygens (including phenoxy) is 1. The molecule has 2 aromatic rings. The van der Waals surface area contributed by atoms with Crippen molar-refractivity contribution < 1.29 is 25.6 Å². The summed E-state index contributed by atoms with van der Waals surface area (Å²) >= 11 is -0.826. The van der Waals surface area contributed by atoms with Gasteiger partial charge in [-0.3, -0.25) is 0 Å². The van der Waals surface area contributed by atoms with Crippen molar-refractivity contribution in [2.24, 2.45) is 17.8 Å². The van der Waals surface area contributed by atoms with E-state index in [-0.39, 0.29) is 25.7 Å². The van der Waals surface area contributed by atoms with E-state index in [2.05, 4.69) is 117 Å². The summed E-state index contributed by atoms with van der Waals surface area (Å²) in [4.78, 5) is 0. The normalized spacial score (nSPS) is 26.0. The van der Waals surface area contributed by atoms with Gasteiger partial charge < -0.3 is 19.6 Å². The third kappa shape index (κ3) is 10.1. The summed E-state index contributed by atoms with van der Waals surface area (Å²) in [5.74, 6) is 5.29. The predicted octanol–water partition coefficient (Wildman–Crippen LogP) is 15.1. The summed E-state index contributed by atoms with van der Waals surface area (Å²) in [7, 11) is 8.97. The summed E-state index contributed by atoms with van der Waals surface area (Å²) in [6, 6.07) is 16.5. The van der Waals surface area contributed by atoms with Crippen LogP contribution in [0.4, 0.5) is 0 Å². The van der Waals surface area contributed by atoms with Crippen LogP contribution in [0.5, 0.6) is 5.75 Å². The van der Waals surface area contributed by atoms with Crippen molar-refractivity contribution in [2.45, 2.75) is 166 Å². The van der Waals surface area contributed by atoms with Crippen LogP contribution in [0.25, 0.3) is 0 Å². The Bertz CT molecular complexity index is 1300. The number of hydrogen-bond acceptors (Lipinski definition) is 1. The van der Waals surface area contributed by atoms with Gasteiger partial charge in [-0.25, -0.2) is 0 Å². The molecule has 7 unspecified atom stereocenters. The van der Waals surface area contributed by atoms with Crippen LogP contribution in [0.2, 0.25) is 37.3 Å². The molecular formula is C44H74Cl2OSi2Zr. The van der Waals surface area contributed by atoms with Crippen LogP contribution in [-0.2, 0) is 31.7 Å². The molecule has 0 heterocycles. The summed E-state index contributed by atoms with van der Waals surface area (Å²) in [6.07, 6.45) is 13.2. The maximum atomic E-state index is 6.17. The van der Waals surface area contributed by atoms with Crippen molar-refractivity contribution in [1.29, 1.82) is 0 Å². The Balaban J connectivity index is 0.00000167. The van der Waals surface area contributed by atoms with Gasteiger partial charge in [0.2, 0.25) is 0 Å².